The first-order valence-corrected chi connectivity index (χ1v) is 4.85. The van der Waals surface area contributed by atoms with E-state index in [0.29, 0.717) is 18.1 Å². The quantitative estimate of drug-likeness (QED) is 0.775. The number of anilines is 1. The van der Waals surface area contributed by atoms with E-state index < -0.39 is 0 Å². The molecular weight excluding hydrogens is 188 g/mol. The van der Waals surface area contributed by atoms with Crippen LogP contribution in [0.15, 0.2) is 0 Å². The highest BCUT2D eigenvalue weighted by molar-refractivity contribution is 7.10. The van der Waals surface area contributed by atoms with Crippen LogP contribution in [0, 0.1) is 0 Å². The number of aromatic nitrogens is 2. The number of carbonyl (C=O) groups is 1. The van der Waals surface area contributed by atoms with Crippen LogP contribution >= 0.6 is 11.5 Å². The number of nitrogen functional groups attached to an aromatic ring is 1. The Kier molecular flexibility index (Phi) is 3.18. The minimum absolute atomic E-state index is 0.142. The number of hydrogen-bond acceptors (Lipinski definition) is 5. The van der Waals surface area contributed by atoms with E-state index in [4.69, 9.17) is 5.73 Å². The van der Waals surface area contributed by atoms with E-state index in [2.05, 4.69) is 9.59 Å². The molecule has 1 heterocycles. The minimum Gasteiger partial charge on any atom is -0.387 e. The predicted molar refractivity (Wildman–Crippen MR) is 51.6 cm³/mol. The summed E-state index contributed by atoms with van der Waals surface area (Å²) in [6.07, 6.45) is 0. The fraction of sp³-hybridized carbons (Fsp3) is 0.571. The van der Waals surface area contributed by atoms with Gasteiger partial charge in [0.2, 0.25) is 0 Å². The largest absolute Gasteiger partial charge is 0.387 e. The molecule has 6 heteroatoms. The van der Waals surface area contributed by atoms with Crippen LogP contribution in [0.25, 0.3) is 0 Å². The molecular formula is C7H12N4OS. The van der Waals surface area contributed by atoms with E-state index in [9.17, 15) is 4.79 Å². The Balaban J connectivity index is 2.84. The SMILES string of the molecule is CCN(CC)C(=O)c1nnsc1N. The molecule has 0 aliphatic carbocycles. The lowest BCUT2D eigenvalue weighted by atomic mass is 10.3. The van der Waals surface area contributed by atoms with E-state index in [0.717, 1.165) is 11.5 Å². The molecule has 0 saturated carbocycles. The zero-order valence-electron chi connectivity index (χ0n) is 7.65. The summed E-state index contributed by atoms with van der Waals surface area (Å²) in [6.45, 7) is 5.15. The molecule has 13 heavy (non-hydrogen) atoms. The summed E-state index contributed by atoms with van der Waals surface area (Å²) in [7, 11) is 0. The van der Waals surface area contributed by atoms with Crippen molar-refractivity contribution < 1.29 is 4.79 Å². The molecule has 1 aromatic heterocycles. The second-order valence-corrected chi connectivity index (χ2v) is 3.25. The van der Waals surface area contributed by atoms with Gasteiger partial charge in [0.05, 0.1) is 0 Å². The molecule has 0 radical (unpaired) electrons. The Morgan fingerprint density at radius 1 is 1.54 bits per heavy atom. The molecule has 0 atom stereocenters. The van der Waals surface area contributed by atoms with Gasteiger partial charge in [-0.25, -0.2) is 0 Å². The van der Waals surface area contributed by atoms with Gasteiger partial charge in [0, 0.05) is 24.6 Å². The van der Waals surface area contributed by atoms with Crippen molar-refractivity contribution in [3.63, 3.8) is 0 Å². The smallest absolute Gasteiger partial charge is 0.277 e. The highest BCUT2D eigenvalue weighted by Gasteiger charge is 2.18. The van der Waals surface area contributed by atoms with Crippen LogP contribution < -0.4 is 5.73 Å². The maximum Gasteiger partial charge on any atom is 0.277 e. The van der Waals surface area contributed by atoms with Gasteiger partial charge in [0.1, 0.15) is 5.00 Å². The lowest BCUT2D eigenvalue weighted by Crippen LogP contribution is -2.31. The Bertz CT molecular complexity index is 294. The molecule has 0 aromatic carbocycles. The molecule has 0 aliphatic heterocycles. The minimum atomic E-state index is -0.142. The molecule has 0 aliphatic rings. The summed E-state index contributed by atoms with van der Waals surface area (Å²) in [5, 5.41) is 4.07. The van der Waals surface area contributed by atoms with Gasteiger partial charge in [-0.15, -0.1) is 5.10 Å². The van der Waals surface area contributed by atoms with Gasteiger partial charge in [-0.2, -0.15) is 0 Å². The molecule has 1 amide bonds. The van der Waals surface area contributed by atoms with Crippen LogP contribution in [0.5, 0.6) is 0 Å². The monoisotopic (exact) mass is 200 g/mol. The van der Waals surface area contributed by atoms with Crippen LogP contribution in [0.3, 0.4) is 0 Å². The maximum atomic E-state index is 11.6. The summed E-state index contributed by atoms with van der Waals surface area (Å²) >= 11 is 1.04. The Hall–Kier alpha value is -1.17. The van der Waals surface area contributed by atoms with Crippen molar-refractivity contribution in [1.82, 2.24) is 14.5 Å². The summed E-state index contributed by atoms with van der Waals surface area (Å²) < 4.78 is 3.61. The summed E-state index contributed by atoms with van der Waals surface area (Å²) in [5.74, 6) is -0.142. The van der Waals surface area contributed by atoms with Gasteiger partial charge in [-0.1, -0.05) is 4.49 Å². The normalized spacial score (nSPS) is 10.0. The van der Waals surface area contributed by atoms with Crippen molar-refractivity contribution in [3.05, 3.63) is 5.69 Å². The Morgan fingerprint density at radius 2 is 2.15 bits per heavy atom. The van der Waals surface area contributed by atoms with Crippen molar-refractivity contribution in [2.45, 2.75) is 13.8 Å². The molecule has 0 fully saturated rings. The molecule has 1 aromatic rings. The third kappa shape index (κ3) is 1.95. The third-order valence-electron chi connectivity index (χ3n) is 1.77. The molecule has 0 unspecified atom stereocenters. The van der Waals surface area contributed by atoms with E-state index in [1.165, 1.54) is 0 Å². The lowest BCUT2D eigenvalue weighted by Gasteiger charge is -2.16. The number of carbonyl (C=O) groups excluding carboxylic acids is 1. The van der Waals surface area contributed by atoms with Crippen molar-refractivity contribution >= 4 is 22.4 Å². The fourth-order valence-corrected chi connectivity index (χ4v) is 1.43. The topological polar surface area (TPSA) is 72.1 Å². The first-order valence-electron chi connectivity index (χ1n) is 4.07. The first kappa shape index (κ1) is 9.91. The van der Waals surface area contributed by atoms with Crippen molar-refractivity contribution in [3.8, 4) is 0 Å². The number of hydrogen-bond donors (Lipinski definition) is 1. The number of nitrogens with zero attached hydrogens (tertiary/aromatic N) is 3. The highest BCUT2D eigenvalue weighted by atomic mass is 32.1. The zero-order valence-corrected chi connectivity index (χ0v) is 8.47. The second-order valence-electron chi connectivity index (χ2n) is 2.46. The van der Waals surface area contributed by atoms with E-state index in [1.54, 1.807) is 4.90 Å². The molecule has 0 spiro atoms. The fourth-order valence-electron chi connectivity index (χ4n) is 1.01. The number of nitrogens with two attached hydrogens (primary N) is 1. The second kappa shape index (κ2) is 4.18. The summed E-state index contributed by atoms with van der Waals surface area (Å²) in [5.41, 5.74) is 5.81. The predicted octanol–water partition coefficient (Wildman–Crippen LogP) is 0.602. The number of rotatable bonds is 3. The van der Waals surface area contributed by atoms with Gasteiger partial charge in [0.25, 0.3) is 5.91 Å². The van der Waals surface area contributed by atoms with Gasteiger partial charge in [-0.05, 0) is 13.8 Å². The van der Waals surface area contributed by atoms with Gasteiger partial charge in [0.15, 0.2) is 5.69 Å². The highest BCUT2D eigenvalue weighted by Crippen LogP contribution is 2.14. The van der Waals surface area contributed by atoms with Crippen molar-refractivity contribution in [2.24, 2.45) is 0 Å². The Morgan fingerprint density at radius 3 is 2.54 bits per heavy atom. The van der Waals surface area contributed by atoms with Crippen LogP contribution in [0.1, 0.15) is 24.3 Å². The van der Waals surface area contributed by atoms with E-state index in [1.807, 2.05) is 13.8 Å². The third-order valence-corrected chi connectivity index (χ3v) is 2.32. The number of amides is 1. The standard InChI is InChI=1S/C7H12N4OS/c1-3-11(4-2)7(12)5-6(8)13-10-9-5/h3-4,8H2,1-2H3. The maximum absolute atomic E-state index is 11.6. The van der Waals surface area contributed by atoms with E-state index in [-0.39, 0.29) is 11.6 Å². The van der Waals surface area contributed by atoms with Crippen molar-refractivity contribution in [1.29, 1.82) is 0 Å². The van der Waals surface area contributed by atoms with Gasteiger partial charge < -0.3 is 10.6 Å². The molecule has 0 bridgehead atoms. The summed E-state index contributed by atoms with van der Waals surface area (Å²) in [6, 6.07) is 0. The molecule has 2 N–H and O–H groups in total. The van der Waals surface area contributed by atoms with Crippen LogP contribution in [0.2, 0.25) is 0 Å². The van der Waals surface area contributed by atoms with Gasteiger partial charge >= 0.3 is 0 Å². The van der Waals surface area contributed by atoms with E-state index >= 15 is 0 Å². The first-order chi connectivity index (χ1) is 6.20. The molecule has 0 saturated heterocycles. The average molecular weight is 200 g/mol. The molecule has 1 rings (SSSR count). The molecule has 72 valence electrons. The van der Waals surface area contributed by atoms with Crippen LogP contribution in [0.4, 0.5) is 5.00 Å². The lowest BCUT2D eigenvalue weighted by molar-refractivity contribution is 0.0768. The average Bonchev–Trinajstić information content (AvgIpc) is 2.53. The van der Waals surface area contributed by atoms with Crippen molar-refractivity contribution in [2.75, 3.05) is 18.8 Å². The van der Waals surface area contributed by atoms with Gasteiger partial charge in [-0.3, -0.25) is 4.79 Å². The summed E-state index contributed by atoms with van der Waals surface area (Å²) in [4.78, 5) is 13.3. The zero-order chi connectivity index (χ0) is 9.84. The Labute approximate surface area is 80.7 Å². The van der Waals surface area contributed by atoms with Crippen LogP contribution in [-0.2, 0) is 0 Å². The molecule has 5 nitrogen and oxygen atoms in total. The van der Waals surface area contributed by atoms with Crippen LogP contribution in [-0.4, -0.2) is 33.5 Å².